The summed E-state index contributed by atoms with van der Waals surface area (Å²) in [5, 5.41) is 9.01. The molecule has 0 aliphatic heterocycles. The minimum absolute atomic E-state index is 0.194. The highest BCUT2D eigenvalue weighted by atomic mass is 14.3. The van der Waals surface area contributed by atoms with E-state index in [0.717, 1.165) is 12.8 Å². The fourth-order valence-corrected chi connectivity index (χ4v) is 2.39. The van der Waals surface area contributed by atoms with Crippen LogP contribution in [0, 0.1) is 16.7 Å². The van der Waals surface area contributed by atoms with Gasteiger partial charge in [-0.05, 0) is 30.2 Å². The predicted octanol–water partition coefficient (Wildman–Crippen LogP) is 5.12. The second kappa shape index (κ2) is 7.93. The Balaban J connectivity index is 2.49. The van der Waals surface area contributed by atoms with Crippen molar-refractivity contribution in [3.63, 3.8) is 0 Å². The van der Waals surface area contributed by atoms with Crippen LogP contribution in [0.15, 0.2) is 30.3 Å². The van der Waals surface area contributed by atoms with Gasteiger partial charge in [-0.1, -0.05) is 63.4 Å². The molecule has 0 amide bonds. The smallest absolute Gasteiger partial charge is 0.0627 e. The summed E-state index contributed by atoms with van der Waals surface area (Å²) in [6, 6.07) is 13.0. The van der Waals surface area contributed by atoms with Gasteiger partial charge in [-0.3, -0.25) is 0 Å². The quantitative estimate of drug-likeness (QED) is 0.581. The molecule has 1 unspecified atom stereocenters. The zero-order valence-corrected chi connectivity index (χ0v) is 11.8. The standard InChI is InChI=1S/C17H25N/c1-3-4-8-12-17(2,14-15-18)13-11-16-9-6-5-7-10-16/h5-7,9-10H,3-4,8,11-14H2,1-2H3. The molecule has 18 heavy (non-hydrogen) atoms. The van der Waals surface area contributed by atoms with Gasteiger partial charge in [-0.2, -0.15) is 5.26 Å². The third kappa shape index (κ3) is 5.36. The third-order valence-corrected chi connectivity index (χ3v) is 3.75. The molecular formula is C17H25N. The lowest BCUT2D eigenvalue weighted by molar-refractivity contribution is 0.268. The van der Waals surface area contributed by atoms with Crippen LogP contribution in [0.4, 0.5) is 0 Å². The number of aryl methyl sites for hydroxylation is 1. The van der Waals surface area contributed by atoms with E-state index in [1.165, 1.54) is 31.2 Å². The van der Waals surface area contributed by atoms with Crippen molar-refractivity contribution in [2.45, 2.75) is 58.8 Å². The molecule has 1 aromatic rings. The van der Waals surface area contributed by atoms with Crippen molar-refractivity contribution in [2.75, 3.05) is 0 Å². The maximum absolute atomic E-state index is 9.01. The second-order valence-corrected chi connectivity index (χ2v) is 5.59. The molecule has 0 fully saturated rings. The van der Waals surface area contributed by atoms with Gasteiger partial charge < -0.3 is 0 Å². The molecule has 0 saturated carbocycles. The van der Waals surface area contributed by atoms with Gasteiger partial charge in [-0.15, -0.1) is 0 Å². The highest BCUT2D eigenvalue weighted by Gasteiger charge is 2.23. The summed E-state index contributed by atoms with van der Waals surface area (Å²) in [5.41, 5.74) is 1.58. The van der Waals surface area contributed by atoms with Crippen LogP contribution in [0.25, 0.3) is 0 Å². The number of benzene rings is 1. The molecule has 1 rings (SSSR count). The Hall–Kier alpha value is -1.29. The molecule has 0 heterocycles. The third-order valence-electron chi connectivity index (χ3n) is 3.75. The minimum Gasteiger partial charge on any atom is -0.198 e. The van der Waals surface area contributed by atoms with Crippen LogP contribution in [0.1, 0.15) is 57.9 Å². The Morgan fingerprint density at radius 2 is 1.83 bits per heavy atom. The largest absolute Gasteiger partial charge is 0.198 e. The van der Waals surface area contributed by atoms with Crippen molar-refractivity contribution in [2.24, 2.45) is 5.41 Å². The van der Waals surface area contributed by atoms with E-state index in [1.807, 2.05) is 0 Å². The summed E-state index contributed by atoms with van der Waals surface area (Å²) >= 11 is 0. The molecule has 1 aromatic carbocycles. The maximum Gasteiger partial charge on any atom is 0.0627 e. The van der Waals surface area contributed by atoms with E-state index < -0.39 is 0 Å². The molecule has 0 N–H and O–H groups in total. The number of hydrogen-bond donors (Lipinski definition) is 0. The number of rotatable bonds is 8. The zero-order chi connectivity index (χ0) is 13.3. The van der Waals surface area contributed by atoms with E-state index in [2.05, 4.69) is 50.2 Å². The van der Waals surface area contributed by atoms with Crippen LogP contribution in [0.3, 0.4) is 0 Å². The Labute approximate surface area is 112 Å². The van der Waals surface area contributed by atoms with Crippen molar-refractivity contribution >= 4 is 0 Å². The molecule has 0 aliphatic carbocycles. The van der Waals surface area contributed by atoms with Gasteiger partial charge in [0.25, 0.3) is 0 Å². The predicted molar refractivity (Wildman–Crippen MR) is 77.2 cm³/mol. The van der Waals surface area contributed by atoms with E-state index in [4.69, 9.17) is 5.26 Å². The van der Waals surface area contributed by atoms with Gasteiger partial charge in [0.1, 0.15) is 0 Å². The molecule has 1 heteroatoms. The number of unbranched alkanes of at least 4 members (excludes halogenated alkanes) is 2. The Kier molecular flexibility index (Phi) is 6.50. The molecular weight excluding hydrogens is 218 g/mol. The van der Waals surface area contributed by atoms with Crippen molar-refractivity contribution in [3.8, 4) is 6.07 Å². The summed E-state index contributed by atoms with van der Waals surface area (Å²) in [6.07, 6.45) is 7.86. The monoisotopic (exact) mass is 243 g/mol. The number of nitrogens with zero attached hydrogens (tertiary/aromatic N) is 1. The molecule has 0 spiro atoms. The topological polar surface area (TPSA) is 23.8 Å². The number of nitriles is 1. The van der Waals surface area contributed by atoms with E-state index in [0.29, 0.717) is 6.42 Å². The molecule has 0 saturated heterocycles. The van der Waals surface area contributed by atoms with Gasteiger partial charge >= 0.3 is 0 Å². The first-order valence-corrected chi connectivity index (χ1v) is 7.11. The van der Waals surface area contributed by atoms with Gasteiger partial charge in [-0.25, -0.2) is 0 Å². The van der Waals surface area contributed by atoms with Crippen LogP contribution >= 0.6 is 0 Å². The zero-order valence-electron chi connectivity index (χ0n) is 11.8. The van der Waals surface area contributed by atoms with Crippen LogP contribution in [0.5, 0.6) is 0 Å². The minimum atomic E-state index is 0.194. The van der Waals surface area contributed by atoms with Gasteiger partial charge in [0.05, 0.1) is 6.07 Å². The van der Waals surface area contributed by atoms with Crippen molar-refractivity contribution in [1.82, 2.24) is 0 Å². The molecule has 0 bridgehead atoms. The first-order chi connectivity index (χ1) is 8.70. The normalized spacial score (nSPS) is 13.8. The first kappa shape index (κ1) is 14.8. The van der Waals surface area contributed by atoms with Crippen molar-refractivity contribution < 1.29 is 0 Å². The van der Waals surface area contributed by atoms with Gasteiger partial charge in [0.15, 0.2) is 0 Å². The Morgan fingerprint density at radius 1 is 1.11 bits per heavy atom. The van der Waals surface area contributed by atoms with E-state index in [-0.39, 0.29) is 5.41 Å². The average Bonchev–Trinajstić information content (AvgIpc) is 2.39. The van der Waals surface area contributed by atoms with Crippen LogP contribution in [-0.2, 0) is 6.42 Å². The molecule has 1 nitrogen and oxygen atoms in total. The van der Waals surface area contributed by atoms with E-state index in [1.54, 1.807) is 0 Å². The summed E-state index contributed by atoms with van der Waals surface area (Å²) < 4.78 is 0. The van der Waals surface area contributed by atoms with Crippen molar-refractivity contribution in [3.05, 3.63) is 35.9 Å². The van der Waals surface area contributed by atoms with E-state index >= 15 is 0 Å². The van der Waals surface area contributed by atoms with Crippen molar-refractivity contribution in [1.29, 1.82) is 5.26 Å². The molecule has 1 atom stereocenters. The summed E-state index contributed by atoms with van der Waals surface area (Å²) in [4.78, 5) is 0. The lowest BCUT2D eigenvalue weighted by Crippen LogP contribution is -2.17. The average molecular weight is 243 g/mol. The van der Waals surface area contributed by atoms with Crippen LogP contribution < -0.4 is 0 Å². The lowest BCUT2D eigenvalue weighted by atomic mass is 9.77. The SMILES string of the molecule is CCCCCC(C)(CC#N)CCc1ccccc1. The number of hydrogen-bond acceptors (Lipinski definition) is 1. The van der Waals surface area contributed by atoms with E-state index in [9.17, 15) is 0 Å². The highest BCUT2D eigenvalue weighted by molar-refractivity contribution is 5.15. The van der Waals surface area contributed by atoms with Crippen LogP contribution in [-0.4, -0.2) is 0 Å². The molecule has 0 aliphatic rings. The highest BCUT2D eigenvalue weighted by Crippen LogP contribution is 2.33. The maximum atomic E-state index is 9.01. The lowest BCUT2D eigenvalue weighted by Gasteiger charge is -2.27. The summed E-state index contributed by atoms with van der Waals surface area (Å²) in [6.45, 7) is 4.50. The molecule has 98 valence electrons. The fourth-order valence-electron chi connectivity index (χ4n) is 2.39. The second-order valence-electron chi connectivity index (χ2n) is 5.59. The van der Waals surface area contributed by atoms with Crippen LogP contribution in [0.2, 0.25) is 0 Å². The Bertz CT molecular complexity index is 363. The molecule has 0 aromatic heterocycles. The first-order valence-electron chi connectivity index (χ1n) is 7.11. The summed E-state index contributed by atoms with van der Waals surface area (Å²) in [5.74, 6) is 0. The summed E-state index contributed by atoms with van der Waals surface area (Å²) in [7, 11) is 0. The Morgan fingerprint density at radius 3 is 2.44 bits per heavy atom. The molecule has 0 radical (unpaired) electrons. The fraction of sp³-hybridized carbons (Fsp3) is 0.588. The van der Waals surface area contributed by atoms with Gasteiger partial charge in [0, 0.05) is 6.42 Å². The van der Waals surface area contributed by atoms with Gasteiger partial charge in [0.2, 0.25) is 0 Å².